The number of hydrogen-bond donors (Lipinski definition) is 1. The molecule has 0 amide bonds. The molecule has 0 heterocycles. The smallest absolute Gasteiger partial charge is 0.0594 e. The SMILES string of the molecule is CC(CCC1(C)CC1(C)C)C1CCC2(C)C3CCC4C(C)(C)C(O)CCC45CC35CCC12C. The van der Waals surface area contributed by atoms with Gasteiger partial charge in [0.1, 0.15) is 0 Å². The zero-order valence-electron chi connectivity index (χ0n) is 23.3. The summed E-state index contributed by atoms with van der Waals surface area (Å²) in [7, 11) is 0. The van der Waals surface area contributed by atoms with Gasteiger partial charge in [-0.25, -0.2) is 0 Å². The first-order valence-electron chi connectivity index (χ1n) is 14.9. The Kier molecular flexibility index (Phi) is 4.56. The largest absolute Gasteiger partial charge is 0.393 e. The van der Waals surface area contributed by atoms with Crippen LogP contribution in [0.25, 0.3) is 0 Å². The number of aliphatic hydroxyl groups excluding tert-OH is 1. The summed E-state index contributed by atoms with van der Waals surface area (Å²) < 4.78 is 0. The molecule has 0 bridgehead atoms. The lowest BCUT2D eigenvalue weighted by Gasteiger charge is -2.63. The van der Waals surface area contributed by atoms with Crippen LogP contribution in [0.1, 0.15) is 132 Å². The number of aliphatic hydroxyl groups is 1. The molecule has 10 unspecified atom stereocenters. The summed E-state index contributed by atoms with van der Waals surface area (Å²) >= 11 is 0. The fourth-order valence-electron chi connectivity index (χ4n) is 12.4. The lowest BCUT2D eigenvalue weighted by molar-refractivity contribution is -0.161. The van der Waals surface area contributed by atoms with Crippen molar-refractivity contribution >= 4 is 0 Å². The van der Waals surface area contributed by atoms with Gasteiger partial charge in [-0.05, 0) is 139 Å². The highest BCUT2D eigenvalue weighted by Gasteiger charge is 2.82. The molecule has 0 aliphatic heterocycles. The summed E-state index contributed by atoms with van der Waals surface area (Å²) in [5.74, 6) is 3.52. The Balaban J connectivity index is 1.24. The van der Waals surface area contributed by atoms with Gasteiger partial charge in [0.05, 0.1) is 6.10 Å². The minimum Gasteiger partial charge on any atom is -0.393 e. The molecular weight excluding hydrogens is 400 g/mol. The van der Waals surface area contributed by atoms with E-state index in [1.54, 1.807) is 0 Å². The van der Waals surface area contributed by atoms with Crippen LogP contribution < -0.4 is 0 Å². The summed E-state index contributed by atoms with van der Waals surface area (Å²) in [6, 6.07) is 0. The topological polar surface area (TPSA) is 20.2 Å². The molecule has 0 radical (unpaired) electrons. The van der Waals surface area contributed by atoms with Crippen LogP contribution >= 0.6 is 0 Å². The minimum atomic E-state index is -0.0817. The zero-order valence-corrected chi connectivity index (χ0v) is 23.3. The average Bonchev–Trinajstić information content (AvgIpc) is 3.50. The van der Waals surface area contributed by atoms with E-state index in [9.17, 15) is 5.11 Å². The first kappa shape index (κ1) is 23.4. The fourth-order valence-corrected chi connectivity index (χ4v) is 12.4. The van der Waals surface area contributed by atoms with Crippen molar-refractivity contribution in [3.8, 4) is 0 Å². The highest BCUT2D eigenvalue weighted by molar-refractivity contribution is 5.30. The summed E-state index contributed by atoms with van der Waals surface area (Å²) in [5.41, 5.74) is 3.61. The van der Waals surface area contributed by atoms with E-state index < -0.39 is 0 Å². The summed E-state index contributed by atoms with van der Waals surface area (Å²) in [6.45, 7) is 20.5. The zero-order chi connectivity index (χ0) is 23.9. The van der Waals surface area contributed by atoms with Crippen LogP contribution in [0, 0.1) is 61.6 Å². The van der Waals surface area contributed by atoms with Crippen LogP contribution in [0.5, 0.6) is 0 Å². The highest BCUT2D eigenvalue weighted by Crippen LogP contribution is 2.89. The summed E-state index contributed by atoms with van der Waals surface area (Å²) in [6.07, 6.45) is 16.9. The molecule has 33 heavy (non-hydrogen) atoms. The molecule has 6 aliphatic rings. The van der Waals surface area contributed by atoms with Gasteiger partial charge in [-0.3, -0.25) is 0 Å². The second-order valence-electron chi connectivity index (χ2n) is 16.7. The quantitative estimate of drug-likeness (QED) is 0.450. The summed E-state index contributed by atoms with van der Waals surface area (Å²) in [5, 5.41) is 10.9. The highest BCUT2D eigenvalue weighted by atomic mass is 16.3. The Labute approximate surface area is 205 Å². The van der Waals surface area contributed by atoms with Crippen molar-refractivity contribution in [1.82, 2.24) is 0 Å². The molecule has 6 fully saturated rings. The van der Waals surface area contributed by atoms with Gasteiger partial charge in [-0.15, -0.1) is 0 Å². The monoisotopic (exact) mass is 454 g/mol. The molecule has 1 N–H and O–H groups in total. The first-order chi connectivity index (χ1) is 15.2. The molecule has 0 aromatic rings. The molecule has 1 heteroatoms. The Morgan fingerprint density at radius 3 is 2.03 bits per heavy atom. The van der Waals surface area contributed by atoms with Crippen molar-refractivity contribution < 1.29 is 5.11 Å². The van der Waals surface area contributed by atoms with Crippen molar-refractivity contribution in [2.45, 2.75) is 139 Å². The second-order valence-corrected chi connectivity index (χ2v) is 16.7. The standard InChI is InChI=1S/C32H54O/c1-21(11-14-28(6)19-26(28,2)3)22-12-15-30(8)24-10-9-23-27(4,5)25(33)13-16-31(23)20-32(24,31)18-17-29(22,30)7/h21-25,33H,9-20H2,1-8H3. The van der Waals surface area contributed by atoms with Crippen molar-refractivity contribution in [3.63, 3.8) is 0 Å². The Morgan fingerprint density at radius 2 is 1.36 bits per heavy atom. The molecular formula is C32H54O. The van der Waals surface area contributed by atoms with Gasteiger partial charge in [0, 0.05) is 0 Å². The van der Waals surface area contributed by atoms with Crippen LogP contribution in [-0.4, -0.2) is 11.2 Å². The van der Waals surface area contributed by atoms with Gasteiger partial charge >= 0.3 is 0 Å². The Morgan fingerprint density at radius 1 is 0.727 bits per heavy atom. The summed E-state index contributed by atoms with van der Waals surface area (Å²) in [4.78, 5) is 0. The number of rotatable bonds is 4. The molecule has 0 saturated heterocycles. The number of fused-ring (bicyclic) bond motifs is 2. The van der Waals surface area contributed by atoms with E-state index in [0.29, 0.717) is 32.5 Å². The molecule has 1 nitrogen and oxygen atoms in total. The molecule has 188 valence electrons. The molecule has 6 saturated carbocycles. The maximum atomic E-state index is 10.9. The van der Waals surface area contributed by atoms with Crippen LogP contribution in [0.2, 0.25) is 0 Å². The molecule has 2 spiro atoms. The third-order valence-electron chi connectivity index (χ3n) is 15.3. The molecule has 6 rings (SSSR count). The van der Waals surface area contributed by atoms with E-state index >= 15 is 0 Å². The second kappa shape index (κ2) is 6.44. The van der Waals surface area contributed by atoms with E-state index in [1.807, 2.05) is 0 Å². The Hall–Kier alpha value is -0.0400. The maximum Gasteiger partial charge on any atom is 0.0594 e. The third kappa shape index (κ3) is 2.60. The van der Waals surface area contributed by atoms with Crippen LogP contribution in [0.15, 0.2) is 0 Å². The normalized spacial score (nSPS) is 58.5. The third-order valence-corrected chi connectivity index (χ3v) is 15.3. The van der Waals surface area contributed by atoms with E-state index in [2.05, 4.69) is 55.4 Å². The van der Waals surface area contributed by atoms with Crippen LogP contribution in [-0.2, 0) is 0 Å². The van der Waals surface area contributed by atoms with Crippen molar-refractivity contribution in [2.75, 3.05) is 0 Å². The van der Waals surface area contributed by atoms with Gasteiger partial charge < -0.3 is 5.11 Å². The predicted molar refractivity (Wildman–Crippen MR) is 138 cm³/mol. The minimum absolute atomic E-state index is 0.0817. The molecule has 0 aromatic carbocycles. The lowest BCUT2D eigenvalue weighted by atomic mass is 9.41. The van der Waals surface area contributed by atoms with Crippen LogP contribution in [0.4, 0.5) is 0 Å². The molecule has 0 aromatic heterocycles. The lowest BCUT2D eigenvalue weighted by Crippen LogP contribution is -2.57. The average molecular weight is 455 g/mol. The van der Waals surface area contributed by atoms with Crippen molar-refractivity contribution in [3.05, 3.63) is 0 Å². The van der Waals surface area contributed by atoms with Crippen molar-refractivity contribution in [1.29, 1.82) is 0 Å². The van der Waals surface area contributed by atoms with Gasteiger partial charge in [0.15, 0.2) is 0 Å². The van der Waals surface area contributed by atoms with E-state index in [-0.39, 0.29) is 11.5 Å². The van der Waals surface area contributed by atoms with Crippen LogP contribution in [0.3, 0.4) is 0 Å². The van der Waals surface area contributed by atoms with Gasteiger partial charge in [0.25, 0.3) is 0 Å². The number of hydrogen-bond acceptors (Lipinski definition) is 1. The van der Waals surface area contributed by atoms with Crippen molar-refractivity contribution in [2.24, 2.45) is 61.6 Å². The maximum absolute atomic E-state index is 10.9. The van der Waals surface area contributed by atoms with Gasteiger partial charge in [-0.1, -0.05) is 55.4 Å². The predicted octanol–water partition coefficient (Wildman–Crippen LogP) is 8.64. The van der Waals surface area contributed by atoms with E-state index in [4.69, 9.17) is 0 Å². The fraction of sp³-hybridized carbons (Fsp3) is 1.00. The van der Waals surface area contributed by atoms with Gasteiger partial charge in [-0.2, -0.15) is 0 Å². The van der Waals surface area contributed by atoms with E-state index in [0.717, 1.165) is 30.1 Å². The Bertz CT molecular complexity index is 841. The van der Waals surface area contributed by atoms with E-state index in [1.165, 1.54) is 70.6 Å². The molecule has 10 atom stereocenters. The molecule has 6 aliphatic carbocycles. The van der Waals surface area contributed by atoms with Gasteiger partial charge in [0.2, 0.25) is 0 Å². The first-order valence-corrected chi connectivity index (χ1v) is 14.9.